The summed E-state index contributed by atoms with van der Waals surface area (Å²) in [6.07, 6.45) is 0. The van der Waals surface area contributed by atoms with Gasteiger partial charge >= 0.3 is 71.6 Å². The maximum absolute atomic E-state index is 13.6. The third kappa shape index (κ3) is 14.3. The fourth-order valence-corrected chi connectivity index (χ4v) is 6.63. The van der Waals surface area contributed by atoms with E-state index in [4.69, 9.17) is 56.8 Å². The quantitative estimate of drug-likeness (QED) is 0.100. The molecule has 0 bridgehead atoms. The van der Waals surface area contributed by atoms with Crippen LogP contribution in [0.4, 0.5) is 0 Å². The standard InChI is InChI=1S/C48H42O24/c1-19(49)61-31-13-34(64-22(4)52)40(35(14-31)65-23(5)53)43-46(70-28(10)58)44(41-36(66-24(6)54)15-32(62-20(2)50)16-37(41)67-25(7)55)48(72-30(12)60)45(47(43)71-29(11)59)42-38(68-26(8)56)17-33(63-21(3)51)18-39(42)69-27(9)57/h13-18H,1-12H3. The number of hydrogen-bond acceptors (Lipinski definition) is 24. The van der Waals surface area contributed by atoms with Crippen molar-refractivity contribution in [3.63, 3.8) is 0 Å². The van der Waals surface area contributed by atoms with Gasteiger partial charge in [0.1, 0.15) is 51.7 Å². The normalized spacial score (nSPS) is 10.3. The highest BCUT2D eigenvalue weighted by Crippen LogP contribution is 2.64. The summed E-state index contributed by atoms with van der Waals surface area (Å²) >= 11 is 0. The van der Waals surface area contributed by atoms with E-state index >= 15 is 0 Å². The summed E-state index contributed by atoms with van der Waals surface area (Å²) in [5.41, 5.74) is -4.83. The molecule has 0 heterocycles. The summed E-state index contributed by atoms with van der Waals surface area (Å²) in [6, 6.07) is 5.36. The largest absolute Gasteiger partial charge is 0.426 e. The van der Waals surface area contributed by atoms with Crippen LogP contribution in [0.15, 0.2) is 36.4 Å². The monoisotopic (exact) mass is 1000 g/mol. The molecule has 72 heavy (non-hydrogen) atoms. The Morgan fingerprint density at radius 1 is 0.208 bits per heavy atom. The number of carbonyl (C=O) groups excluding carboxylic acids is 12. The first-order chi connectivity index (χ1) is 33.6. The average molecular weight is 1000 g/mol. The zero-order valence-corrected chi connectivity index (χ0v) is 40.3. The van der Waals surface area contributed by atoms with Crippen molar-refractivity contribution in [3.8, 4) is 102 Å². The van der Waals surface area contributed by atoms with E-state index < -0.39 is 174 Å². The fraction of sp³-hybridized carbons (Fsp3) is 0.250. The Labute approximate surface area is 407 Å². The van der Waals surface area contributed by atoms with Gasteiger partial charge in [-0.2, -0.15) is 0 Å². The van der Waals surface area contributed by atoms with Gasteiger partial charge in [-0.3, -0.25) is 57.5 Å². The molecule has 0 amide bonds. The molecule has 0 spiro atoms. The molecule has 4 aromatic rings. The summed E-state index contributed by atoms with van der Waals surface area (Å²) < 4.78 is 67.1. The van der Waals surface area contributed by atoms with Crippen LogP contribution in [0.2, 0.25) is 0 Å². The number of rotatable bonds is 15. The summed E-state index contributed by atoms with van der Waals surface area (Å²) in [5.74, 6) is -22.5. The molecular weight excluding hydrogens is 961 g/mol. The molecule has 0 aliphatic heterocycles. The van der Waals surface area contributed by atoms with E-state index in [0.29, 0.717) is 0 Å². The van der Waals surface area contributed by atoms with Crippen molar-refractivity contribution in [3.05, 3.63) is 36.4 Å². The van der Waals surface area contributed by atoms with Gasteiger partial charge in [-0.1, -0.05) is 0 Å². The van der Waals surface area contributed by atoms with Crippen LogP contribution >= 0.6 is 0 Å². The van der Waals surface area contributed by atoms with Gasteiger partial charge in [0, 0.05) is 119 Å². The van der Waals surface area contributed by atoms with E-state index in [1.807, 2.05) is 0 Å². The van der Waals surface area contributed by atoms with E-state index in [-0.39, 0.29) is 0 Å². The maximum Gasteiger partial charge on any atom is 0.308 e. The molecule has 0 fully saturated rings. The van der Waals surface area contributed by atoms with Crippen LogP contribution in [-0.2, 0) is 57.5 Å². The molecule has 0 saturated carbocycles. The van der Waals surface area contributed by atoms with Crippen molar-refractivity contribution >= 4 is 71.6 Å². The second kappa shape index (κ2) is 23.2. The summed E-state index contributed by atoms with van der Waals surface area (Å²) in [6.45, 7) is 10.8. The molecule has 0 aliphatic rings. The van der Waals surface area contributed by atoms with E-state index in [0.717, 1.165) is 119 Å². The Bertz CT molecular complexity index is 2560. The van der Waals surface area contributed by atoms with Crippen LogP contribution in [-0.4, -0.2) is 71.6 Å². The number of carbonyl (C=O) groups is 12. The molecule has 0 unspecified atom stereocenters. The molecule has 4 rings (SSSR count). The van der Waals surface area contributed by atoms with Crippen molar-refractivity contribution < 1.29 is 114 Å². The van der Waals surface area contributed by atoms with Crippen LogP contribution in [0.5, 0.6) is 69.0 Å². The van der Waals surface area contributed by atoms with Gasteiger partial charge in [0.25, 0.3) is 0 Å². The number of hydrogen-bond donors (Lipinski definition) is 0. The highest BCUT2D eigenvalue weighted by Gasteiger charge is 2.41. The Hall–Kier alpha value is -9.48. The SMILES string of the molecule is CC(=O)Oc1cc(OC(C)=O)c(-c2c(OC(C)=O)c(-c3c(OC(C)=O)cc(OC(C)=O)cc3OC(C)=O)c(OC(C)=O)c(-c3c(OC(C)=O)cc(OC(C)=O)cc3OC(C)=O)c2OC(C)=O)c(OC(C)=O)c1. The van der Waals surface area contributed by atoms with Crippen LogP contribution in [0.1, 0.15) is 83.1 Å². The molecule has 0 aromatic heterocycles. The first kappa shape index (κ1) is 55.1. The average Bonchev–Trinajstić information content (AvgIpc) is 3.17. The lowest BCUT2D eigenvalue weighted by Gasteiger charge is -2.28. The molecule has 0 N–H and O–H groups in total. The van der Waals surface area contributed by atoms with Crippen LogP contribution < -0.4 is 56.8 Å². The molecule has 24 heteroatoms. The minimum atomic E-state index is -1.28. The molecule has 0 saturated heterocycles. The molecular formula is C48H42O24. The molecule has 0 radical (unpaired) electrons. The van der Waals surface area contributed by atoms with Crippen molar-refractivity contribution in [1.82, 2.24) is 0 Å². The predicted molar refractivity (Wildman–Crippen MR) is 238 cm³/mol. The Kier molecular flexibility index (Phi) is 17.8. The first-order valence-electron chi connectivity index (χ1n) is 20.6. The van der Waals surface area contributed by atoms with E-state index in [1.165, 1.54) is 0 Å². The third-order valence-electron chi connectivity index (χ3n) is 8.28. The minimum absolute atomic E-state index is 0.468. The lowest BCUT2D eigenvalue weighted by Crippen LogP contribution is -2.16. The molecule has 0 aliphatic carbocycles. The highest BCUT2D eigenvalue weighted by atomic mass is 16.6. The highest BCUT2D eigenvalue weighted by molar-refractivity contribution is 6.09. The Morgan fingerprint density at radius 2 is 0.347 bits per heavy atom. The van der Waals surface area contributed by atoms with Gasteiger partial charge < -0.3 is 56.8 Å². The molecule has 378 valence electrons. The summed E-state index contributed by atoms with van der Waals surface area (Å²) in [7, 11) is 0. The Morgan fingerprint density at radius 3 is 0.472 bits per heavy atom. The topological polar surface area (TPSA) is 316 Å². The number of esters is 12. The minimum Gasteiger partial charge on any atom is -0.426 e. The van der Waals surface area contributed by atoms with Crippen molar-refractivity contribution in [1.29, 1.82) is 0 Å². The zero-order valence-electron chi connectivity index (χ0n) is 40.3. The summed E-state index contributed by atoms with van der Waals surface area (Å²) in [5, 5.41) is 0. The molecule has 4 aromatic carbocycles. The lowest BCUT2D eigenvalue weighted by molar-refractivity contribution is -0.133. The Balaban J connectivity index is 2.79. The van der Waals surface area contributed by atoms with Crippen molar-refractivity contribution in [2.45, 2.75) is 83.1 Å². The fourth-order valence-electron chi connectivity index (χ4n) is 6.63. The van der Waals surface area contributed by atoms with E-state index in [1.54, 1.807) is 0 Å². The van der Waals surface area contributed by atoms with Crippen molar-refractivity contribution in [2.24, 2.45) is 0 Å². The van der Waals surface area contributed by atoms with E-state index in [2.05, 4.69) is 0 Å². The maximum atomic E-state index is 13.6. The zero-order chi connectivity index (χ0) is 54.0. The van der Waals surface area contributed by atoms with Crippen molar-refractivity contribution in [2.75, 3.05) is 0 Å². The second-order valence-corrected chi connectivity index (χ2v) is 14.6. The van der Waals surface area contributed by atoms with Gasteiger partial charge in [-0.05, 0) is 0 Å². The third-order valence-corrected chi connectivity index (χ3v) is 8.28. The smallest absolute Gasteiger partial charge is 0.308 e. The van der Waals surface area contributed by atoms with Gasteiger partial charge in [0.05, 0.1) is 33.4 Å². The molecule has 24 nitrogen and oxygen atoms in total. The van der Waals surface area contributed by atoms with Crippen LogP contribution in [0.3, 0.4) is 0 Å². The van der Waals surface area contributed by atoms with E-state index in [9.17, 15) is 57.5 Å². The van der Waals surface area contributed by atoms with Crippen LogP contribution in [0, 0.1) is 0 Å². The number of benzene rings is 4. The molecule has 0 atom stereocenters. The van der Waals surface area contributed by atoms with Gasteiger partial charge in [0.15, 0.2) is 17.2 Å². The first-order valence-corrected chi connectivity index (χ1v) is 20.6. The predicted octanol–water partition coefficient (Wildman–Crippen LogP) is 5.79. The summed E-state index contributed by atoms with van der Waals surface area (Å²) in [4.78, 5) is 156. The number of ether oxygens (including phenoxy) is 12. The lowest BCUT2D eigenvalue weighted by atomic mass is 9.87. The van der Waals surface area contributed by atoms with Gasteiger partial charge in [-0.25, -0.2) is 0 Å². The van der Waals surface area contributed by atoms with Gasteiger partial charge in [0.2, 0.25) is 0 Å². The second-order valence-electron chi connectivity index (χ2n) is 14.6. The van der Waals surface area contributed by atoms with Crippen LogP contribution in [0.25, 0.3) is 33.4 Å². The van der Waals surface area contributed by atoms with Gasteiger partial charge in [-0.15, -0.1) is 0 Å².